The third kappa shape index (κ3) is 6.35. The number of ether oxygens (including phenoxy) is 2. The number of nitrogens with zero attached hydrogens (tertiary/aromatic N) is 1. The van der Waals surface area contributed by atoms with Gasteiger partial charge in [0.1, 0.15) is 11.5 Å². The Morgan fingerprint density at radius 1 is 0.973 bits per heavy atom. The number of imide groups is 1. The van der Waals surface area contributed by atoms with Gasteiger partial charge in [0.05, 0.1) is 23.0 Å². The van der Waals surface area contributed by atoms with Gasteiger partial charge in [0.2, 0.25) is 0 Å². The van der Waals surface area contributed by atoms with Crippen molar-refractivity contribution < 1.29 is 31.7 Å². The Kier molecular flexibility index (Phi) is 8.25. The van der Waals surface area contributed by atoms with E-state index in [-0.39, 0.29) is 28.7 Å². The number of aryl methyl sites for hydroxylation is 1. The fraction of sp³-hybridized carbons (Fsp3) is 0.154. The summed E-state index contributed by atoms with van der Waals surface area (Å²) in [5.74, 6) is 0.738. The van der Waals surface area contributed by atoms with Crippen molar-refractivity contribution in [1.82, 2.24) is 4.90 Å². The Morgan fingerprint density at radius 3 is 2.35 bits per heavy atom. The van der Waals surface area contributed by atoms with E-state index in [4.69, 9.17) is 13.7 Å². The second kappa shape index (κ2) is 11.4. The highest BCUT2D eigenvalue weighted by Gasteiger charge is 2.35. The Labute approximate surface area is 227 Å². The third-order valence-electron chi connectivity index (χ3n) is 5.28. The van der Waals surface area contributed by atoms with Crippen molar-refractivity contribution in [2.24, 2.45) is 0 Å². The van der Waals surface area contributed by atoms with Gasteiger partial charge in [0.15, 0.2) is 17.2 Å². The van der Waals surface area contributed by atoms with Gasteiger partial charge in [-0.25, -0.2) is 0 Å². The molecule has 0 spiro atoms. The summed E-state index contributed by atoms with van der Waals surface area (Å²) >= 11 is 4.15. The average molecular weight is 605 g/mol. The maximum atomic E-state index is 12.8. The predicted molar refractivity (Wildman–Crippen MR) is 144 cm³/mol. The molecule has 8 nitrogen and oxygen atoms in total. The molecule has 0 radical (unpaired) electrons. The molecule has 0 bridgehead atoms. The number of carbonyl (C=O) groups is 2. The van der Waals surface area contributed by atoms with Crippen LogP contribution in [0.1, 0.15) is 11.1 Å². The van der Waals surface area contributed by atoms with Crippen molar-refractivity contribution in [2.75, 3.05) is 20.3 Å². The zero-order chi connectivity index (χ0) is 26.6. The molecule has 1 aliphatic rings. The van der Waals surface area contributed by atoms with Gasteiger partial charge in [-0.2, -0.15) is 8.42 Å². The molecule has 37 heavy (non-hydrogen) atoms. The SMILES string of the molecule is COc1ccccc1OCCN1C(=O)S/C(=C\c2ccc(OS(=O)(=O)c3ccc(C)cc3)c(Br)c2)C1=O. The summed E-state index contributed by atoms with van der Waals surface area (Å²) in [5.41, 5.74) is 1.51. The first-order valence-electron chi connectivity index (χ1n) is 11.0. The van der Waals surface area contributed by atoms with E-state index in [1.165, 1.54) is 25.3 Å². The van der Waals surface area contributed by atoms with E-state index in [2.05, 4.69) is 15.9 Å². The van der Waals surface area contributed by atoms with E-state index in [1.807, 2.05) is 13.0 Å². The van der Waals surface area contributed by atoms with E-state index < -0.39 is 21.3 Å². The number of thioether (sulfide) groups is 1. The van der Waals surface area contributed by atoms with Crippen molar-refractivity contribution in [3.05, 3.63) is 87.2 Å². The topological polar surface area (TPSA) is 99.2 Å². The van der Waals surface area contributed by atoms with Crippen molar-refractivity contribution in [3.8, 4) is 17.2 Å². The Morgan fingerprint density at radius 2 is 1.68 bits per heavy atom. The van der Waals surface area contributed by atoms with Gasteiger partial charge in [-0.3, -0.25) is 14.5 Å². The third-order valence-corrected chi connectivity index (χ3v) is 8.05. The molecule has 3 aromatic carbocycles. The molecule has 1 saturated heterocycles. The van der Waals surface area contributed by atoms with E-state index in [1.54, 1.807) is 48.5 Å². The first-order chi connectivity index (χ1) is 17.7. The molecule has 0 atom stereocenters. The lowest BCUT2D eigenvalue weighted by atomic mass is 10.2. The lowest BCUT2D eigenvalue weighted by molar-refractivity contribution is -0.123. The molecule has 3 aromatic rings. The van der Waals surface area contributed by atoms with Gasteiger partial charge in [-0.05, 0) is 82.7 Å². The fourth-order valence-corrected chi connectivity index (χ4v) is 5.77. The van der Waals surface area contributed by atoms with Crippen LogP contribution in [0.25, 0.3) is 6.08 Å². The minimum atomic E-state index is -4.02. The molecule has 2 amide bonds. The minimum absolute atomic E-state index is 0.0393. The van der Waals surface area contributed by atoms with Gasteiger partial charge >= 0.3 is 10.1 Å². The Hall–Kier alpha value is -3.28. The van der Waals surface area contributed by atoms with E-state index in [0.29, 0.717) is 21.5 Å². The zero-order valence-corrected chi connectivity index (χ0v) is 23.1. The minimum Gasteiger partial charge on any atom is -0.493 e. The standard InChI is InChI=1S/C26H22BrNO7S2/c1-17-7-10-19(11-8-17)37(31,32)35-21-12-9-18(15-20(21)27)16-24-25(29)28(26(30)36-24)13-14-34-23-6-4-3-5-22(23)33-2/h3-12,15-16H,13-14H2,1-2H3/b24-16-. The summed E-state index contributed by atoms with van der Waals surface area (Å²) in [6.45, 7) is 2.04. The Balaban J connectivity index is 1.42. The van der Waals surface area contributed by atoms with E-state index >= 15 is 0 Å². The molecule has 11 heteroatoms. The molecule has 192 valence electrons. The molecule has 0 aliphatic carbocycles. The first kappa shape index (κ1) is 26.8. The number of hydrogen-bond acceptors (Lipinski definition) is 8. The number of benzene rings is 3. The molecule has 0 N–H and O–H groups in total. The maximum absolute atomic E-state index is 12.8. The summed E-state index contributed by atoms with van der Waals surface area (Å²) < 4.78 is 41.8. The van der Waals surface area contributed by atoms with Crippen LogP contribution in [-0.4, -0.2) is 44.7 Å². The van der Waals surface area contributed by atoms with Gasteiger partial charge < -0.3 is 13.7 Å². The molecule has 4 rings (SSSR count). The van der Waals surface area contributed by atoms with Crippen molar-refractivity contribution in [2.45, 2.75) is 11.8 Å². The number of methoxy groups -OCH3 is 1. The molecule has 1 heterocycles. The number of hydrogen-bond donors (Lipinski definition) is 0. The number of amides is 2. The highest BCUT2D eigenvalue weighted by atomic mass is 79.9. The zero-order valence-electron chi connectivity index (χ0n) is 19.8. The maximum Gasteiger partial charge on any atom is 0.339 e. The van der Waals surface area contributed by atoms with Gasteiger partial charge in [0, 0.05) is 0 Å². The smallest absolute Gasteiger partial charge is 0.339 e. The molecule has 0 saturated carbocycles. The second-order valence-corrected chi connectivity index (χ2v) is 11.3. The lowest BCUT2D eigenvalue weighted by Gasteiger charge is -2.14. The van der Waals surface area contributed by atoms with Crippen LogP contribution in [0.5, 0.6) is 17.2 Å². The number of para-hydroxylation sites is 2. The van der Waals surface area contributed by atoms with Crippen LogP contribution in [0.3, 0.4) is 0 Å². The number of halogens is 1. The second-order valence-electron chi connectivity index (χ2n) is 7.87. The molecule has 1 fully saturated rings. The Bertz CT molecular complexity index is 1470. The number of carbonyl (C=O) groups excluding carboxylic acids is 2. The van der Waals surface area contributed by atoms with Gasteiger partial charge in [0.25, 0.3) is 11.1 Å². The van der Waals surface area contributed by atoms with Gasteiger partial charge in [-0.1, -0.05) is 35.9 Å². The summed E-state index contributed by atoms with van der Waals surface area (Å²) in [7, 11) is -2.49. The number of rotatable bonds is 9. The van der Waals surface area contributed by atoms with Crippen molar-refractivity contribution in [3.63, 3.8) is 0 Å². The van der Waals surface area contributed by atoms with Crippen LogP contribution in [0.2, 0.25) is 0 Å². The van der Waals surface area contributed by atoms with E-state index in [9.17, 15) is 18.0 Å². The average Bonchev–Trinajstić information content (AvgIpc) is 3.13. The van der Waals surface area contributed by atoms with Gasteiger partial charge in [-0.15, -0.1) is 0 Å². The highest BCUT2D eigenvalue weighted by Crippen LogP contribution is 2.35. The molecule has 0 aromatic heterocycles. The molecular weight excluding hydrogens is 582 g/mol. The summed E-state index contributed by atoms with van der Waals surface area (Å²) in [6.07, 6.45) is 1.56. The monoisotopic (exact) mass is 603 g/mol. The van der Waals surface area contributed by atoms with Crippen LogP contribution in [0.15, 0.2) is 81.0 Å². The van der Waals surface area contributed by atoms with Crippen LogP contribution < -0.4 is 13.7 Å². The largest absolute Gasteiger partial charge is 0.493 e. The van der Waals surface area contributed by atoms with Crippen LogP contribution in [-0.2, 0) is 14.9 Å². The van der Waals surface area contributed by atoms with Crippen molar-refractivity contribution >= 4 is 55.0 Å². The lowest BCUT2D eigenvalue weighted by Crippen LogP contribution is -2.32. The molecule has 1 aliphatic heterocycles. The van der Waals surface area contributed by atoms with Crippen LogP contribution in [0.4, 0.5) is 4.79 Å². The quantitative estimate of drug-likeness (QED) is 0.228. The predicted octanol–water partition coefficient (Wildman–Crippen LogP) is 5.65. The first-order valence-corrected chi connectivity index (χ1v) is 14.0. The van der Waals surface area contributed by atoms with Crippen LogP contribution in [0, 0.1) is 6.92 Å². The fourth-order valence-electron chi connectivity index (χ4n) is 3.37. The normalized spacial score (nSPS) is 14.8. The van der Waals surface area contributed by atoms with Crippen LogP contribution >= 0.6 is 27.7 Å². The highest BCUT2D eigenvalue weighted by molar-refractivity contribution is 9.10. The molecule has 0 unspecified atom stereocenters. The van der Waals surface area contributed by atoms with E-state index in [0.717, 1.165) is 22.2 Å². The van der Waals surface area contributed by atoms with Crippen molar-refractivity contribution in [1.29, 1.82) is 0 Å². The summed E-state index contributed by atoms with van der Waals surface area (Å²) in [4.78, 5) is 26.7. The summed E-state index contributed by atoms with van der Waals surface area (Å²) in [6, 6.07) is 18.1. The summed E-state index contributed by atoms with van der Waals surface area (Å²) in [5, 5.41) is -0.400. The molecular formula is C26H22BrNO7S2.